The molecule has 0 saturated heterocycles. The zero-order valence-corrected chi connectivity index (χ0v) is 11.9. The molecule has 0 aromatic heterocycles. The molecule has 0 aliphatic carbocycles. The van der Waals surface area contributed by atoms with Gasteiger partial charge in [0.25, 0.3) is 0 Å². The Bertz CT molecular complexity index is 444. The van der Waals surface area contributed by atoms with Crippen LogP contribution in [0, 0.1) is 5.92 Å². The summed E-state index contributed by atoms with van der Waals surface area (Å²) >= 11 is 0. The van der Waals surface area contributed by atoms with Crippen LogP contribution in [0.4, 0.5) is 0 Å². The first kappa shape index (κ1) is 16.3. The zero-order chi connectivity index (χ0) is 14.8. The molecule has 1 aromatic rings. The van der Waals surface area contributed by atoms with Gasteiger partial charge in [-0.1, -0.05) is 24.8 Å². The lowest BCUT2D eigenvalue weighted by atomic mass is 9.97. The van der Waals surface area contributed by atoms with Crippen molar-refractivity contribution >= 4 is 0 Å². The molecule has 108 valence electrons. The third kappa shape index (κ3) is 5.45. The molecule has 1 rings (SSSR count). The minimum Gasteiger partial charge on any atom is -0.497 e. The third-order valence-corrected chi connectivity index (χ3v) is 2.95. The Labute approximate surface area is 120 Å². The van der Waals surface area contributed by atoms with Gasteiger partial charge in [0.2, 0.25) is 0 Å². The van der Waals surface area contributed by atoms with Crippen molar-refractivity contribution in [2.75, 3.05) is 20.3 Å². The molecule has 0 radical (unpaired) electrons. The van der Waals surface area contributed by atoms with E-state index in [9.17, 15) is 5.11 Å². The van der Waals surface area contributed by atoms with E-state index in [-0.39, 0.29) is 5.92 Å². The molecule has 2 unspecified atom stereocenters. The van der Waals surface area contributed by atoms with E-state index < -0.39 is 6.10 Å². The Kier molecular flexibility index (Phi) is 7.44. The zero-order valence-electron chi connectivity index (χ0n) is 11.9. The van der Waals surface area contributed by atoms with Crippen molar-refractivity contribution in [3.05, 3.63) is 60.9 Å². The topological polar surface area (TPSA) is 38.7 Å². The Balaban J connectivity index is 2.61. The number of benzene rings is 1. The first-order chi connectivity index (χ1) is 9.71. The first-order valence-corrected chi connectivity index (χ1v) is 6.57. The summed E-state index contributed by atoms with van der Waals surface area (Å²) in [6.45, 7) is 8.20. The van der Waals surface area contributed by atoms with Crippen molar-refractivity contribution in [2.24, 2.45) is 5.92 Å². The maximum absolute atomic E-state index is 10.3. The predicted molar refractivity (Wildman–Crippen MR) is 80.8 cm³/mol. The fraction of sp³-hybridized carbons (Fsp3) is 0.353. The molecule has 20 heavy (non-hydrogen) atoms. The van der Waals surface area contributed by atoms with E-state index in [0.29, 0.717) is 19.6 Å². The van der Waals surface area contributed by atoms with Crippen molar-refractivity contribution in [1.82, 2.24) is 0 Å². The van der Waals surface area contributed by atoms with Crippen LogP contribution in [0.25, 0.3) is 0 Å². The van der Waals surface area contributed by atoms with Gasteiger partial charge in [-0.15, -0.1) is 12.3 Å². The van der Waals surface area contributed by atoms with Crippen LogP contribution in [0.15, 0.2) is 55.3 Å². The van der Waals surface area contributed by atoms with Gasteiger partial charge in [0, 0.05) is 5.92 Å². The second kappa shape index (κ2) is 9.16. The van der Waals surface area contributed by atoms with Gasteiger partial charge in [0.05, 0.1) is 26.4 Å². The molecule has 2 atom stereocenters. The highest BCUT2D eigenvalue weighted by molar-refractivity contribution is 5.28. The highest BCUT2D eigenvalue weighted by Crippen LogP contribution is 2.24. The van der Waals surface area contributed by atoms with Crippen molar-refractivity contribution < 1.29 is 14.6 Å². The maximum atomic E-state index is 10.3. The summed E-state index contributed by atoms with van der Waals surface area (Å²) in [7, 11) is 1.62. The molecular formula is C17H22O3. The van der Waals surface area contributed by atoms with Gasteiger partial charge in [-0.25, -0.2) is 0 Å². The Morgan fingerprint density at radius 2 is 2.05 bits per heavy atom. The third-order valence-electron chi connectivity index (χ3n) is 2.95. The number of rotatable bonds is 9. The minimum absolute atomic E-state index is 0.0737. The summed E-state index contributed by atoms with van der Waals surface area (Å²) in [5.41, 5.74) is 3.62. The lowest BCUT2D eigenvalue weighted by Crippen LogP contribution is -2.12. The number of aliphatic hydroxyl groups excluding tert-OH is 1. The van der Waals surface area contributed by atoms with E-state index >= 15 is 0 Å². The molecule has 0 aliphatic heterocycles. The maximum Gasteiger partial charge on any atom is 0.118 e. The second-order valence-corrected chi connectivity index (χ2v) is 4.48. The molecule has 0 heterocycles. The summed E-state index contributed by atoms with van der Waals surface area (Å²) in [5.74, 6) is 0.849. The molecule has 0 spiro atoms. The van der Waals surface area contributed by atoms with Gasteiger partial charge in [-0.05, 0) is 30.2 Å². The molecule has 0 bridgehead atoms. The van der Waals surface area contributed by atoms with E-state index in [4.69, 9.17) is 9.47 Å². The van der Waals surface area contributed by atoms with E-state index in [1.165, 1.54) is 0 Å². The van der Waals surface area contributed by atoms with Crippen LogP contribution >= 0.6 is 0 Å². The van der Waals surface area contributed by atoms with Gasteiger partial charge in [-0.2, -0.15) is 0 Å². The SMILES string of the molecule is C=C=CC(COCC=C)CC(O)c1ccc(OC)cc1. The van der Waals surface area contributed by atoms with E-state index in [1.807, 2.05) is 30.3 Å². The fourth-order valence-corrected chi connectivity index (χ4v) is 1.90. The van der Waals surface area contributed by atoms with E-state index in [2.05, 4.69) is 18.9 Å². The average molecular weight is 274 g/mol. The molecule has 0 amide bonds. The average Bonchev–Trinajstić information content (AvgIpc) is 2.47. The van der Waals surface area contributed by atoms with Crippen LogP contribution in [0.3, 0.4) is 0 Å². The van der Waals surface area contributed by atoms with Gasteiger partial charge >= 0.3 is 0 Å². The van der Waals surface area contributed by atoms with Gasteiger partial charge < -0.3 is 14.6 Å². The van der Waals surface area contributed by atoms with Gasteiger partial charge in [0.15, 0.2) is 0 Å². The molecule has 1 N–H and O–H groups in total. The van der Waals surface area contributed by atoms with Gasteiger partial charge in [-0.3, -0.25) is 0 Å². The van der Waals surface area contributed by atoms with Crippen LogP contribution in [0.5, 0.6) is 5.75 Å². The van der Waals surface area contributed by atoms with E-state index in [1.54, 1.807) is 13.2 Å². The Morgan fingerprint density at radius 1 is 1.35 bits per heavy atom. The molecular weight excluding hydrogens is 252 g/mol. The molecule has 0 fully saturated rings. The molecule has 1 aromatic carbocycles. The summed E-state index contributed by atoms with van der Waals surface area (Å²) in [6, 6.07) is 7.40. The van der Waals surface area contributed by atoms with E-state index in [0.717, 1.165) is 11.3 Å². The Morgan fingerprint density at radius 3 is 2.60 bits per heavy atom. The van der Waals surface area contributed by atoms with Crippen molar-refractivity contribution in [3.8, 4) is 5.75 Å². The van der Waals surface area contributed by atoms with Crippen LogP contribution < -0.4 is 4.74 Å². The van der Waals surface area contributed by atoms with Crippen LogP contribution in [0.2, 0.25) is 0 Å². The summed E-state index contributed by atoms with van der Waals surface area (Å²) < 4.78 is 10.5. The quantitative estimate of drug-likeness (QED) is 0.427. The van der Waals surface area contributed by atoms with Crippen LogP contribution in [-0.2, 0) is 4.74 Å². The van der Waals surface area contributed by atoms with Crippen molar-refractivity contribution in [1.29, 1.82) is 0 Å². The lowest BCUT2D eigenvalue weighted by Gasteiger charge is -2.17. The number of ether oxygens (including phenoxy) is 2. The predicted octanol–water partition coefficient (Wildman–Crippen LogP) is 3.28. The summed E-state index contributed by atoms with van der Waals surface area (Å²) in [4.78, 5) is 0. The second-order valence-electron chi connectivity index (χ2n) is 4.48. The van der Waals surface area contributed by atoms with Crippen LogP contribution in [0.1, 0.15) is 18.1 Å². The number of hydrogen-bond donors (Lipinski definition) is 1. The number of aliphatic hydroxyl groups is 1. The van der Waals surface area contributed by atoms with Crippen molar-refractivity contribution in [3.63, 3.8) is 0 Å². The van der Waals surface area contributed by atoms with Gasteiger partial charge in [0.1, 0.15) is 5.75 Å². The first-order valence-electron chi connectivity index (χ1n) is 6.57. The Hall–Kier alpha value is -1.80. The highest BCUT2D eigenvalue weighted by Gasteiger charge is 2.14. The minimum atomic E-state index is -0.553. The molecule has 0 aliphatic rings. The summed E-state index contributed by atoms with van der Waals surface area (Å²) in [5, 5.41) is 10.3. The molecule has 3 nitrogen and oxygen atoms in total. The van der Waals surface area contributed by atoms with Crippen LogP contribution in [-0.4, -0.2) is 25.4 Å². The fourth-order valence-electron chi connectivity index (χ4n) is 1.90. The van der Waals surface area contributed by atoms with Crippen molar-refractivity contribution in [2.45, 2.75) is 12.5 Å². The largest absolute Gasteiger partial charge is 0.497 e. The molecule has 0 saturated carbocycles. The summed E-state index contributed by atoms with van der Waals surface area (Å²) in [6.07, 6.45) is 3.54. The highest BCUT2D eigenvalue weighted by atomic mass is 16.5. The standard InChI is InChI=1S/C17H22O3/c1-4-6-14(13-20-11-5-2)12-17(18)15-7-9-16(19-3)10-8-15/h5-10,14,17-18H,1-2,11-13H2,3H3. The molecule has 3 heteroatoms. The normalized spacial score (nSPS) is 13.1. The smallest absolute Gasteiger partial charge is 0.118 e. The lowest BCUT2D eigenvalue weighted by molar-refractivity contribution is 0.0969. The number of methoxy groups -OCH3 is 1. The number of hydrogen-bond acceptors (Lipinski definition) is 3. The monoisotopic (exact) mass is 274 g/mol.